The number of hydrogen-bond acceptors (Lipinski definition) is 6. The molecule has 2 heterocycles. The second kappa shape index (κ2) is 7.17. The van der Waals surface area contributed by atoms with Gasteiger partial charge in [0.25, 0.3) is 5.56 Å². The third-order valence-corrected chi connectivity index (χ3v) is 4.89. The van der Waals surface area contributed by atoms with Gasteiger partial charge in [-0.2, -0.15) is 0 Å². The van der Waals surface area contributed by atoms with E-state index in [1.165, 1.54) is 23.0 Å². The van der Waals surface area contributed by atoms with Crippen molar-refractivity contribution in [2.45, 2.75) is 20.4 Å². The maximum absolute atomic E-state index is 12.7. The third-order valence-electron chi connectivity index (χ3n) is 3.95. The Hall–Kier alpha value is -2.87. The third kappa shape index (κ3) is 3.41. The second-order valence-electron chi connectivity index (χ2n) is 5.74. The quantitative estimate of drug-likeness (QED) is 0.744. The Morgan fingerprint density at radius 1 is 1.23 bits per heavy atom. The van der Waals surface area contributed by atoms with Gasteiger partial charge in [0, 0.05) is 10.9 Å². The standard InChI is InChI=1S/C18H19N3O4S/c1-10-7-13-17(26-10)19-11(2)21(18(13)23)9-16(22)20-14-6-5-12(24-3)8-15(14)25-4/h5-8H,9H2,1-4H3,(H,20,22). The Balaban J connectivity index is 1.87. The van der Waals surface area contributed by atoms with E-state index >= 15 is 0 Å². The number of aryl methyl sites for hydroxylation is 2. The summed E-state index contributed by atoms with van der Waals surface area (Å²) < 4.78 is 11.8. The smallest absolute Gasteiger partial charge is 0.262 e. The van der Waals surface area contributed by atoms with Gasteiger partial charge in [0.1, 0.15) is 28.7 Å². The van der Waals surface area contributed by atoms with Gasteiger partial charge in [0.15, 0.2) is 0 Å². The van der Waals surface area contributed by atoms with E-state index in [2.05, 4.69) is 10.3 Å². The zero-order valence-electron chi connectivity index (χ0n) is 15.0. The van der Waals surface area contributed by atoms with Crippen LogP contribution in [0.5, 0.6) is 11.5 Å². The van der Waals surface area contributed by atoms with E-state index in [0.29, 0.717) is 33.2 Å². The molecule has 0 aliphatic heterocycles. The number of thiophene rings is 1. The number of nitrogens with one attached hydrogen (secondary N) is 1. The Morgan fingerprint density at radius 3 is 2.69 bits per heavy atom. The maximum Gasteiger partial charge on any atom is 0.262 e. The number of benzene rings is 1. The molecule has 1 N–H and O–H groups in total. The molecular weight excluding hydrogens is 354 g/mol. The van der Waals surface area contributed by atoms with E-state index in [-0.39, 0.29) is 18.0 Å². The van der Waals surface area contributed by atoms with Gasteiger partial charge in [-0.15, -0.1) is 11.3 Å². The van der Waals surface area contributed by atoms with Crippen LogP contribution >= 0.6 is 11.3 Å². The molecule has 0 saturated carbocycles. The van der Waals surface area contributed by atoms with Crippen molar-refractivity contribution >= 4 is 33.1 Å². The van der Waals surface area contributed by atoms with E-state index in [4.69, 9.17) is 9.47 Å². The van der Waals surface area contributed by atoms with E-state index in [1.54, 1.807) is 38.3 Å². The lowest BCUT2D eigenvalue weighted by Gasteiger charge is -2.13. The lowest BCUT2D eigenvalue weighted by atomic mass is 10.2. The van der Waals surface area contributed by atoms with Crippen molar-refractivity contribution in [2.75, 3.05) is 19.5 Å². The normalized spacial score (nSPS) is 10.8. The molecule has 8 heteroatoms. The van der Waals surface area contributed by atoms with E-state index in [0.717, 1.165) is 4.88 Å². The van der Waals surface area contributed by atoms with Crippen molar-refractivity contribution in [3.8, 4) is 11.5 Å². The van der Waals surface area contributed by atoms with Gasteiger partial charge in [0.05, 0.1) is 25.3 Å². The van der Waals surface area contributed by atoms with Gasteiger partial charge in [-0.25, -0.2) is 4.98 Å². The molecule has 0 radical (unpaired) electrons. The monoisotopic (exact) mass is 373 g/mol. The molecule has 0 atom stereocenters. The van der Waals surface area contributed by atoms with Crippen LogP contribution in [0.15, 0.2) is 29.1 Å². The van der Waals surface area contributed by atoms with Crippen molar-refractivity contribution in [2.24, 2.45) is 0 Å². The number of carbonyl (C=O) groups excluding carboxylic acids is 1. The number of anilines is 1. The largest absolute Gasteiger partial charge is 0.497 e. The van der Waals surface area contributed by atoms with Crippen molar-refractivity contribution in [1.82, 2.24) is 9.55 Å². The Morgan fingerprint density at radius 2 is 2.00 bits per heavy atom. The summed E-state index contributed by atoms with van der Waals surface area (Å²) in [6, 6.07) is 6.89. The molecular formula is C18H19N3O4S. The van der Waals surface area contributed by atoms with Gasteiger partial charge < -0.3 is 14.8 Å². The molecule has 1 aromatic carbocycles. The molecule has 3 aromatic rings. The van der Waals surface area contributed by atoms with Gasteiger partial charge >= 0.3 is 0 Å². The van der Waals surface area contributed by atoms with Gasteiger partial charge in [-0.1, -0.05) is 0 Å². The maximum atomic E-state index is 12.7. The van der Waals surface area contributed by atoms with Crippen LogP contribution in [0.2, 0.25) is 0 Å². The number of fused-ring (bicyclic) bond motifs is 1. The molecule has 26 heavy (non-hydrogen) atoms. The predicted molar refractivity (Wildman–Crippen MR) is 102 cm³/mol. The summed E-state index contributed by atoms with van der Waals surface area (Å²) in [7, 11) is 3.06. The van der Waals surface area contributed by atoms with Crippen LogP contribution in [-0.4, -0.2) is 29.7 Å². The summed E-state index contributed by atoms with van der Waals surface area (Å²) in [4.78, 5) is 31.3. The van der Waals surface area contributed by atoms with E-state index in [1.807, 2.05) is 6.92 Å². The number of hydrogen-bond donors (Lipinski definition) is 1. The number of methoxy groups -OCH3 is 2. The Kier molecular flexibility index (Phi) is 4.94. The molecule has 136 valence electrons. The lowest BCUT2D eigenvalue weighted by Crippen LogP contribution is -2.30. The van der Waals surface area contributed by atoms with Crippen LogP contribution in [0.25, 0.3) is 10.2 Å². The van der Waals surface area contributed by atoms with Crippen molar-refractivity contribution < 1.29 is 14.3 Å². The minimum absolute atomic E-state index is 0.127. The van der Waals surface area contributed by atoms with Crippen molar-refractivity contribution in [3.05, 3.63) is 45.3 Å². The molecule has 0 aliphatic rings. The molecule has 1 amide bonds. The molecule has 2 aromatic heterocycles. The van der Waals surface area contributed by atoms with Crippen LogP contribution in [0.1, 0.15) is 10.7 Å². The molecule has 0 saturated heterocycles. The number of aromatic nitrogens is 2. The molecule has 7 nitrogen and oxygen atoms in total. The summed E-state index contributed by atoms with van der Waals surface area (Å²) in [5.41, 5.74) is 0.290. The first-order valence-electron chi connectivity index (χ1n) is 7.92. The predicted octanol–water partition coefficient (Wildman–Crippen LogP) is 2.73. The minimum Gasteiger partial charge on any atom is -0.497 e. The van der Waals surface area contributed by atoms with Gasteiger partial charge in [-0.05, 0) is 32.0 Å². The fourth-order valence-corrected chi connectivity index (χ4v) is 3.57. The number of ether oxygens (including phenoxy) is 2. The number of carbonyl (C=O) groups is 1. The molecule has 0 fully saturated rings. The summed E-state index contributed by atoms with van der Waals surface area (Å²) in [5, 5.41) is 3.30. The second-order valence-corrected chi connectivity index (χ2v) is 6.98. The van der Waals surface area contributed by atoms with Crippen molar-refractivity contribution in [3.63, 3.8) is 0 Å². The summed E-state index contributed by atoms with van der Waals surface area (Å²) in [6.45, 7) is 3.52. The Labute approximate surface area is 154 Å². The highest BCUT2D eigenvalue weighted by atomic mass is 32.1. The lowest BCUT2D eigenvalue weighted by molar-refractivity contribution is -0.116. The molecule has 0 bridgehead atoms. The van der Waals surface area contributed by atoms with Crippen molar-refractivity contribution in [1.29, 1.82) is 0 Å². The minimum atomic E-state index is -0.341. The van der Waals surface area contributed by atoms with Gasteiger partial charge in [0.2, 0.25) is 5.91 Å². The van der Waals surface area contributed by atoms with E-state index < -0.39 is 0 Å². The molecule has 0 spiro atoms. The first kappa shape index (κ1) is 17.9. The van der Waals surface area contributed by atoms with Gasteiger partial charge in [-0.3, -0.25) is 14.2 Å². The fraction of sp³-hybridized carbons (Fsp3) is 0.278. The highest BCUT2D eigenvalue weighted by molar-refractivity contribution is 7.18. The average Bonchev–Trinajstić information content (AvgIpc) is 2.99. The topological polar surface area (TPSA) is 82.5 Å². The fourth-order valence-electron chi connectivity index (χ4n) is 2.66. The zero-order chi connectivity index (χ0) is 18.8. The molecule has 0 aliphatic carbocycles. The molecule has 0 unspecified atom stereocenters. The highest BCUT2D eigenvalue weighted by Gasteiger charge is 2.15. The van der Waals surface area contributed by atoms with Crippen LogP contribution in [-0.2, 0) is 11.3 Å². The van der Waals surface area contributed by atoms with Crippen LogP contribution in [0, 0.1) is 13.8 Å². The average molecular weight is 373 g/mol. The highest BCUT2D eigenvalue weighted by Crippen LogP contribution is 2.29. The number of amides is 1. The molecule has 3 rings (SSSR count). The van der Waals surface area contributed by atoms with Crippen LogP contribution < -0.4 is 20.3 Å². The first-order valence-corrected chi connectivity index (χ1v) is 8.74. The summed E-state index contributed by atoms with van der Waals surface area (Å²) in [5.74, 6) is 1.26. The number of rotatable bonds is 5. The summed E-state index contributed by atoms with van der Waals surface area (Å²) >= 11 is 1.47. The summed E-state index contributed by atoms with van der Waals surface area (Å²) in [6.07, 6.45) is 0. The van der Waals surface area contributed by atoms with Crippen LogP contribution in [0.3, 0.4) is 0 Å². The first-order chi connectivity index (χ1) is 12.4. The zero-order valence-corrected chi connectivity index (χ0v) is 15.8. The number of nitrogens with zero attached hydrogens (tertiary/aromatic N) is 2. The van der Waals surface area contributed by atoms with Crippen LogP contribution in [0.4, 0.5) is 5.69 Å². The Bertz CT molecular complexity index is 1040. The van der Waals surface area contributed by atoms with E-state index in [9.17, 15) is 9.59 Å². The SMILES string of the molecule is COc1ccc(NC(=O)Cn2c(C)nc3sc(C)cc3c2=O)c(OC)c1.